The van der Waals surface area contributed by atoms with Gasteiger partial charge in [-0.15, -0.1) is 0 Å². The molecular weight excluding hydrogens is 302 g/mol. The third-order valence-corrected chi connectivity index (χ3v) is 3.42. The minimum atomic E-state index is 0.600. The summed E-state index contributed by atoms with van der Waals surface area (Å²) in [5.41, 5.74) is 2.52. The van der Waals surface area contributed by atoms with Gasteiger partial charge in [0.15, 0.2) is 0 Å². The van der Waals surface area contributed by atoms with E-state index in [1.165, 1.54) is 11.1 Å². The highest BCUT2D eigenvalue weighted by molar-refractivity contribution is 9.10. The maximum atomic E-state index is 5.82. The molecule has 0 saturated carbocycles. The second-order valence-electron chi connectivity index (χ2n) is 4.29. The van der Waals surface area contributed by atoms with Crippen LogP contribution in [0, 0.1) is 0 Å². The fourth-order valence-electron chi connectivity index (χ4n) is 1.82. The maximum Gasteiger partial charge on any atom is 0.119 e. The highest BCUT2D eigenvalue weighted by atomic mass is 79.9. The van der Waals surface area contributed by atoms with Crippen molar-refractivity contribution in [3.8, 4) is 5.75 Å². The van der Waals surface area contributed by atoms with Crippen molar-refractivity contribution in [2.24, 2.45) is 0 Å². The molecule has 0 spiro atoms. The van der Waals surface area contributed by atoms with Crippen LogP contribution in [0.15, 0.2) is 53.0 Å². The van der Waals surface area contributed by atoms with Crippen LogP contribution in [-0.2, 0) is 13.2 Å². The van der Waals surface area contributed by atoms with Crippen molar-refractivity contribution in [1.82, 2.24) is 5.32 Å². The number of ether oxygens (including phenoxy) is 1. The van der Waals surface area contributed by atoms with Crippen LogP contribution < -0.4 is 10.1 Å². The van der Waals surface area contributed by atoms with E-state index in [2.05, 4.69) is 52.4 Å². The molecule has 0 aliphatic carbocycles. The topological polar surface area (TPSA) is 21.3 Å². The molecular formula is C16H18BrNO. The lowest BCUT2D eigenvalue weighted by Crippen LogP contribution is -2.13. The van der Waals surface area contributed by atoms with Crippen molar-refractivity contribution in [1.29, 1.82) is 0 Å². The molecule has 0 bridgehead atoms. The summed E-state index contributed by atoms with van der Waals surface area (Å²) in [4.78, 5) is 0. The molecule has 0 fully saturated rings. The number of hydrogen-bond acceptors (Lipinski definition) is 2. The fourth-order valence-corrected chi connectivity index (χ4v) is 2.09. The van der Waals surface area contributed by atoms with Crippen molar-refractivity contribution in [2.45, 2.75) is 20.1 Å². The van der Waals surface area contributed by atoms with Crippen LogP contribution in [0.1, 0.15) is 18.1 Å². The van der Waals surface area contributed by atoms with Gasteiger partial charge >= 0.3 is 0 Å². The average molecular weight is 320 g/mol. The van der Waals surface area contributed by atoms with Crippen LogP contribution in [0.2, 0.25) is 0 Å². The summed E-state index contributed by atoms with van der Waals surface area (Å²) in [5, 5.41) is 3.35. The molecule has 0 aliphatic heterocycles. The number of halogens is 1. The number of rotatable bonds is 6. The van der Waals surface area contributed by atoms with Crippen LogP contribution in [0.3, 0.4) is 0 Å². The predicted molar refractivity (Wildman–Crippen MR) is 82.3 cm³/mol. The van der Waals surface area contributed by atoms with Crippen molar-refractivity contribution >= 4 is 15.9 Å². The van der Waals surface area contributed by atoms with Gasteiger partial charge in [0.2, 0.25) is 0 Å². The van der Waals surface area contributed by atoms with E-state index < -0.39 is 0 Å². The molecule has 0 atom stereocenters. The molecule has 2 rings (SSSR count). The van der Waals surface area contributed by atoms with E-state index in [0.29, 0.717) is 6.61 Å². The first kappa shape index (κ1) is 14.1. The lowest BCUT2D eigenvalue weighted by atomic mass is 10.1. The van der Waals surface area contributed by atoms with Gasteiger partial charge in [0, 0.05) is 11.0 Å². The van der Waals surface area contributed by atoms with Gasteiger partial charge in [-0.3, -0.25) is 0 Å². The van der Waals surface area contributed by atoms with Crippen LogP contribution >= 0.6 is 15.9 Å². The normalized spacial score (nSPS) is 10.4. The van der Waals surface area contributed by atoms with Gasteiger partial charge in [0.05, 0.1) is 0 Å². The Morgan fingerprint density at radius 3 is 2.37 bits per heavy atom. The van der Waals surface area contributed by atoms with Gasteiger partial charge in [-0.2, -0.15) is 0 Å². The van der Waals surface area contributed by atoms with Gasteiger partial charge < -0.3 is 10.1 Å². The highest BCUT2D eigenvalue weighted by Crippen LogP contribution is 2.18. The molecule has 0 aromatic heterocycles. The maximum absolute atomic E-state index is 5.82. The van der Waals surface area contributed by atoms with E-state index >= 15 is 0 Å². The molecule has 0 saturated heterocycles. The summed E-state index contributed by atoms with van der Waals surface area (Å²) >= 11 is 3.42. The van der Waals surface area contributed by atoms with E-state index in [4.69, 9.17) is 4.74 Å². The molecule has 0 radical (unpaired) electrons. The van der Waals surface area contributed by atoms with Gasteiger partial charge in [-0.05, 0) is 41.9 Å². The lowest BCUT2D eigenvalue weighted by molar-refractivity contribution is 0.304. The first-order valence-electron chi connectivity index (χ1n) is 6.45. The van der Waals surface area contributed by atoms with Gasteiger partial charge in [0.1, 0.15) is 12.4 Å². The quantitative estimate of drug-likeness (QED) is 0.864. The highest BCUT2D eigenvalue weighted by Gasteiger charge is 2.02. The summed E-state index contributed by atoms with van der Waals surface area (Å²) in [6.07, 6.45) is 0. The molecule has 2 nitrogen and oxygen atoms in total. The molecule has 2 aromatic carbocycles. The van der Waals surface area contributed by atoms with E-state index in [9.17, 15) is 0 Å². The summed E-state index contributed by atoms with van der Waals surface area (Å²) in [6, 6.07) is 16.3. The Bertz CT molecular complexity index is 510. The zero-order valence-electron chi connectivity index (χ0n) is 11.0. The number of nitrogens with one attached hydrogen (secondary N) is 1. The van der Waals surface area contributed by atoms with Crippen molar-refractivity contribution < 1.29 is 4.74 Å². The molecule has 0 heterocycles. The Kier molecular flexibility index (Phi) is 5.43. The molecule has 100 valence electrons. The standard InChI is InChI=1S/C16H18BrNO/c1-2-18-11-13-5-3-4-6-14(13)12-19-16-9-7-15(17)8-10-16/h3-10,18H,2,11-12H2,1H3. The zero-order valence-corrected chi connectivity index (χ0v) is 12.6. The molecule has 0 unspecified atom stereocenters. The SMILES string of the molecule is CCNCc1ccccc1COc1ccc(Br)cc1. The average Bonchev–Trinajstić information content (AvgIpc) is 2.45. The van der Waals surface area contributed by atoms with Crippen LogP contribution in [0.5, 0.6) is 5.75 Å². The number of benzene rings is 2. The Balaban J connectivity index is 2.00. The second-order valence-corrected chi connectivity index (χ2v) is 5.21. The largest absolute Gasteiger partial charge is 0.489 e. The van der Waals surface area contributed by atoms with E-state index in [0.717, 1.165) is 23.3 Å². The Hall–Kier alpha value is -1.32. The molecule has 19 heavy (non-hydrogen) atoms. The molecule has 2 aromatic rings. The monoisotopic (exact) mass is 319 g/mol. The Morgan fingerprint density at radius 2 is 1.68 bits per heavy atom. The summed E-state index contributed by atoms with van der Waals surface area (Å²) in [6.45, 7) is 4.57. The zero-order chi connectivity index (χ0) is 13.5. The summed E-state index contributed by atoms with van der Waals surface area (Å²) < 4.78 is 6.88. The lowest BCUT2D eigenvalue weighted by Gasteiger charge is -2.11. The van der Waals surface area contributed by atoms with Crippen molar-refractivity contribution in [3.63, 3.8) is 0 Å². The third kappa shape index (κ3) is 4.37. The first-order chi connectivity index (χ1) is 9.29. The van der Waals surface area contributed by atoms with Gasteiger partial charge in [0.25, 0.3) is 0 Å². The van der Waals surface area contributed by atoms with Crippen LogP contribution in [0.4, 0.5) is 0 Å². The smallest absolute Gasteiger partial charge is 0.119 e. The Labute approximate surface area is 122 Å². The Morgan fingerprint density at radius 1 is 1.00 bits per heavy atom. The summed E-state index contributed by atoms with van der Waals surface area (Å²) in [7, 11) is 0. The number of hydrogen-bond donors (Lipinski definition) is 1. The van der Waals surface area contributed by atoms with Crippen LogP contribution in [-0.4, -0.2) is 6.54 Å². The molecule has 0 aliphatic rings. The van der Waals surface area contributed by atoms with Gasteiger partial charge in [-0.1, -0.05) is 47.1 Å². The molecule has 3 heteroatoms. The fraction of sp³-hybridized carbons (Fsp3) is 0.250. The molecule has 1 N–H and O–H groups in total. The van der Waals surface area contributed by atoms with Crippen molar-refractivity contribution in [2.75, 3.05) is 6.54 Å². The first-order valence-corrected chi connectivity index (χ1v) is 7.24. The van der Waals surface area contributed by atoms with E-state index in [1.54, 1.807) is 0 Å². The summed E-state index contributed by atoms with van der Waals surface area (Å²) in [5.74, 6) is 0.890. The molecule has 0 amide bonds. The minimum absolute atomic E-state index is 0.600. The van der Waals surface area contributed by atoms with E-state index in [-0.39, 0.29) is 0 Å². The van der Waals surface area contributed by atoms with Crippen molar-refractivity contribution in [3.05, 3.63) is 64.1 Å². The van der Waals surface area contributed by atoms with Crippen LogP contribution in [0.25, 0.3) is 0 Å². The van der Waals surface area contributed by atoms with E-state index in [1.807, 2.05) is 24.3 Å². The van der Waals surface area contributed by atoms with Gasteiger partial charge in [-0.25, -0.2) is 0 Å². The predicted octanol–water partition coefficient (Wildman–Crippen LogP) is 4.14. The minimum Gasteiger partial charge on any atom is -0.489 e. The third-order valence-electron chi connectivity index (χ3n) is 2.89. The second kappa shape index (κ2) is 7.31.